The molecule has 0 saturated heterocycles. The first-order chi connectivity index (χ1) is 9.13. The van der Waals surface area contributed by atoms with Gasteiger partial charge in [-0.15, -0.1) is 11.3 Å². The predicted octanol–water partition coefficient (Wildman–Crippen LogP) is 3.94. The van der Waals surface area contributed by atoms with Gasteiger partial charge in [-0.1, -0.05) is 11.6 Å². The fourth-order valence-electron chi connectivity index (χ4n) is 1.75. The molecule has 98 valence electrons. The number of hydrogen-bond acceptors (Lipinski definition) is 3. The van der Waals surface area contributed by atoms with E-state index in [0.717, 1.165) is 22.8 Å². The summed E-state index contributed by atoms with van der Waals surface area (Å²) in [6.45, 7) is 0.316. The second-order valence-electron chi connectivity index (χ2n) is 3.92. The SMILES string of the molecule is Fc1cc(F)c(NCc2cn3ccsc3n2)c(Cl)c1. The highest BCUT2D eigenvalue weighted by Gasteiger charge is 2.10. The van der Waals surface area contributed by atoms with Crippen LogP contribution in [0.1, 0.15) is 5.69 Å². The van der Waals surface area contributed by atoms with E-state index in [2.05, 4.69) is 10.3 Å². The summed E-state index contributed by atoms with van der Waals surface area (Å²) in [7, 11) is 0. The Morgan fingerprint density at radius 2 is 2.21 bits per heavy atom. The zero-order valence-electron chi connectivity index (χ0n) is 9.53. The average Bonchev–Trinajstić information content (AvgIpc) is 2.87. The third kappa shape index (κ3) is 2.41. The van der Waals surface area contributed by atoms with Gasteiger partial charge >= 0.3 is 0 Å². The highest BCUT2D eigenvalue weighted by atomic mass is 35.5. The Balaban J connectivity index is 1.81. The van der Waals surface area contributed by atoms with E-state index in [-0.39, 0.29) is 10.7 Å². The third-order valence-corrected chi connectivity index (χ3v) is 3.67. The van der Waals surface area contributed by atoms with Crippen LogP contribution in [0.2, 0.25) is 5.02 Å². The number of imidazole rings is 1. The molecule has 0 aliphatic heterocycles. The number of benzene rings is 1. The quantitative estimate of drug-likeness (QED) is 0.794. The summed E-state index contributed by atoms with van der Waals surface area (Å²) in [6.07, 6.45) is 3.73. The molecule has 0 saturated carbocycles. The van der Waals surface area contributed by atoms with Gasteiger partial charge in [0.1, 0.15) is 5.82 Å². The molecule has 0 fully saturated rings. The molecule has 7 heteroatoms. The molecule has 19 heavy (non-hydrogen) atoms. The van der Waals surface area contributed by atoms with E-state index in [9.17, 15) is 8.78 Å². The van der Waals surface area contributed by atoms with Crippen molar-refractivity contribution in [3.05, 3.63) is 52.3 Å². The molecule has 3 nitrogen and oxygen atoms in total. The lowest BCUT2D eigenvalue weighted by Gasteiger charge is -2.08. The molecule has 2 heterocycles. The van der Waals surface area contributed by atoms with Crippen LogP contribution in [-0.4, -0.2) is 9.38 Å². The minimum Gasteiger partial charge on any atom is -0.376 e. The zero-order valence-corrected chi connectivity index (χ0v) is 11.1. The van der Waals surface area contributed by atoms with Crippen molar-refractivity contribution in [2.24, 2.45) is 0 Å². The van der Waals surface area contributed by atoms with Crippen LogP contribution in [0.25, 0.3) is 4.96 Å². The lowest BCUT2D eigenvalue weighted by Crippen LogP contribution is -2.03. The number of hydrogen-bond donors (Lipinski definition) is 1. The molecule has 0 spiro atoms. The molecule has 3 aromatic rings. The number of nitrogens with zero attached hydrogens (tertiary/aromatic N) is 2. The van der Waals surface area contributed by atoms with Gasteiger partial charge < -0.3 is 5.32 Å². The van der Waals surface area contributed by atoms with Crippen LogP contribution < -0.4 is 5.32 Å². The summed E-state index contributed by atoms with van der Waals surface area (Å²) in [6, 6.07) is 1.86. The first kappa shape index (κ1) is 12.4. The fraction of sp³-hybridized carbons (Fsp3) is 0.0833. The van der Waals surface area contributed by atoms with Gasteiger partial charge in [-0.25, -0.2) is 13.8 Å². The first-order valence-electron chi connectivity index (χ1n) is 5.43. The van der Waals surface area contributed by atoms with Gasteiger partial charge in [-0.3, -0.25) is 4.40 Å². The van der Waals surface area contributed by atoms with Crippen molar-refractivity contribution >= 4 is 33.6 Å². The predicted molar refractivity (Wildman–Crippen MR) is 71.8 cm³/mol. The van der Waals surface area contributed by atoms with E-state index in [1.807, 2.05) is 22.2 Å². The summed E-state index contributed by atoms with van der Waals surface area (Å²) < 4.78 is 28.3. The topological polar surface area (TPSA) is 29.3 Å². The van der Waals surface area contributed by atoms with Gasteiger partial charge in [0.25, 0.3) is 0 Å². The van der Waals surface area contributed by atoms with E-state index < -0.39 is 11.6 Å². The van der Waals surface area contributed by atoms with Crippen LogP contribution in [0.4, 0.5) is 14.5 Å². The highest BCUT2D eigenvalue weighted by Crippen LogP contribution is 2.26. The van der Waals surface area contributed by atoms with E-state index in [4.69, 9.17) is 11.6 Å². The van der Waals surface area contributed by atoms with Crippen molar-refractivity contribution < 1.29 is 8.78 Å². The van der Waals surface area contributed by atoms with Gasteiger partial charge in [-0.05, 0) is 6.07 Å². The number of fused-ring (bicyclic) bond motifs is 1. The maximum atomic E-state index is 13.5. The van der Waals surface area contributed by atoms with E-state index in [1.54, 1.807) is 0 Å². The van der Waals surface area contributed by atoms with Crippen LogP contribution in [0.3, 0.4) is 0 Å². The third-order valence-electron chi connectivity index (χ3n) is 2.60. The second-order valence-corrected chi connectivity index (χ2v) is 5.20. The molecule has 3 rings (SSSR count). The van der Waals surface area contributed by atoms with Gasteiger partial charge in [0.2, 0.25) is 0 Å². The molecule has 0 bridgehead atoms. The highest BCUT2D eigenvalue weighted by molar-refractivity contribution is 7.15. The number of anilines is 1. The molecule has 0 unspecified atom stereocenters. The van der Waals surface area contributed by atoms with Crippen LogP contribution in [-0.2, 0) is 6.54 Å². The summed E-state index contributed by atoms with van der Waals surface area (Å²) in [5.74, 6) is -1.42. The normalized spacial score (nSPS) is 11.1. The Kier molecular flexibility index (Phi) is 3.12. The van der Waals surface area contributed by atoms with Gasteiger partial charge in [0, 0.05) is 23.8 Å². The smallest absolute Gasteiger partial charge is 0.193 e. The fourth-order valence-corrected chi connectivity index (χ4v) is 2.73. The van der Waals surface area contributed by atoms with Crippen molar-refractivity contribution in [2.45, 2.75) is 6.54 Å². The number of thiazole rings is 1. The van der Waals surface area contributed by atoms with Crippen molar-refractivity contribution in [2.75, 3.05) is 5.32 Å². The Morgan fingerprint density at radius 3 is 2.95 bits per heavy atom. The molecular formula is C12H8ClF2N3S. The minimum atomic E-state index is -0.717. The molecule has 1 N–H and O–H groups in total. The van der Waals surface area contributed by atoms with Crippen LogP contribution in [0.15, 0.2) is 29.9 Å². The first-order valence-corrected chi connectivity index (χ1v) is 6.69. The molecule has 2 aromatic heterocycles. The minimum absolute atomic E-state index is 0.0125. The Hall–Kier alpha value is -1.66. The van der Waals surface area contributed by atoms with E-state index in [0.29, 0.717) is 6.54 Å². The summed E-state index contributed by atoms with van der Waals surface area (Å²) in [5, 5.41) is 4.77. The van der Waals surface area contributed by atoms with Gasteiger partial charge in [0.05, 0.1) is 22.9 Å². The molecular weight excluding hydrogens is 292 g/mol. The van der Waals surface area contributed by atoms with E-state index >= 15 is 0 Å². The second kappa shape index (κ2) is 4.79. The van der Waals surface area contributed by atoms with Crippen LogP contribution >= 0.6 is 22.9 Å². The number of halogens is 3. The monoisotopic (exact) mass is 299 g/mol. The standard InChI is InChI=1S/C12H8ClF2N3S/c13-9-3-7(14)4-10(15)11(9)16-5-8-6-18-1-2-19-12(18)17-8/h1-4,6,16H,5H2. The molecule has 0 aliphatic carbocycles. The van der Waals surface area contributed by atoms with Crippen LogP contribution in [0.5, 0.6) is 0 Å². The number of nitrogens with one attached hydrogen (secondary N) is 1. The maximum absolute atomic E-state index is 13.5. The molecule has 0 atom stereocenters. The Bertz CT molecular complexity index is 686. The van der Waals surface area contributed by atoms with Gasteiger partial charge in [0.15, 0.2) is 10.8 Å². The summed E-state index contributed by atoms with van der Waals surface area (Å²) in [4.78, 5) is 5.21. The summed E-state index contributed by atoms with van der Waals surface area (Å²) in [5.41, 5.74) is 0.839. The molecule has 0 aliphatic rings. The average molecular weight is 300 g/mol. The van der Waals surface area contributed by atoms with Crippen molar-refractivity contribution in [3.63, 3.8) is 0 Å². The summed E-state index contributed by atoms with van der Waals surface area (Å²) >= 11 is 7.30. The number of rotatable bonds is 3. The van der Waals surface area contributed by atoms with Crippen LogP contribution in [0, 0.1) is 11.6 Å². The molecule has 1 aromatic carbocycles. The van der Waals surface area contributed by atoms with Crippen molar-refractivity contribution in [3.8, 4) is 0 Å². The van der Waals surface area contributed by atoms with Crippen molar-refractivity contribution in [1.29, 1.82) is 0 Å². The lowest BCUT2D eigenvalue weighted by atomic mass is 10.3. The molecule has 0 amide bonds. The Labute approximate surface area is 116 Å². The van der Waals surface area contributed by atoms with E-state index in [1.165, 1.54) is 11.3 Å². The van der Waals surface area contributed by atoms with Gasteiger partial charge in [-0.2, -0.15) is 0 Å². The van der Waals surface area contributed by atoms with Crippen molar-refractivity contribution in [1.82, 2.24) is 9.38 Å². The maximum Gasteiger partial charge on any atom is 0.193 e. The lowest BCUT2D eigenvalue weighted by molar-refractivity contribution is 0.585. The Morgan fingerprint density at radius 1 is 1.37 bits per heavy atom. The number of aromatic nitrogens is 2. The molecule has 0 radical (unpaired) electrons. The zero-order chi connectivity index (χ0) is 13.4. The largest absolute Gasteiger partial charge is 0.376 e.